The molecule has 39 heavy (non-hydrogen) atoms. The van der Waals surface area contributed by atoms with Gasteiger partial charge in [-0.2, -0.15) is 13.2 Å². The second kappa shape index (κ2) is 11.6. The Morgan fingerprint density at radius 3 is 2.21 bits per heavy atom. The fourth-order valence-corrected chi connectivity index (χ4v) is 7.30. The van der Waals surface area contributed by atoms with E-state index < -0.39 is 38.8 Å². The normalized spacial score (nSPS) is 19.1. The minimum Gasteiger partial charge on any atom is -0.490 e. The summed E-state index contributed by atoms with van der Waals surface area (Å²) >= 11 is 0. The third-order valence-electron chi connectivity index (χ3n) is 7.44. The van der Waals surface area contributed by atoms with Crippen LogP contribution < -0.4 is 15.1 Å². The number of sulfonamides is 1. The van der Waals surface area contributed by atoms with Crippen LogP contribution in [0.2, 0.25) is 0 Å². The lowest BCUT2D eigenvalue weighted by Gasteiger charge is -2.44. The molecule has 2 saturated heterocycles. The predicted octanol–water partition coefficient (Wildman–Crippen LogP) is 3.17. The van der Waals surface area contributed by atoms with Gasteiger partial charge in [0.05, 0.1) is 10.3 Å². The average molecular weight is 572 g/mol. The van der Waals surface area contributed by atoms with E-state index in [4.69, 9.17) is 9.94 Å². The third-order valence-corrected chi connectivity index (χ3v) is 10.1. The zero-order valence-corrected chi connectivity index (χ0v) is 22.3. The van der Waals surface area contributed by atoms with Gasteiger partial charge >= 0.3 is 6.18 Å². The summed E-state index contributed by atoms with van der Waals surface area (Å²) < 4.78 is 72.0. The van der Waals surface area contributed by atoms with Crippen molar-refractivity contribution in [1.82, 2.24) is 19.8 Å². The number of alkyl halides is 3. The molecule has 2 N–H and O–H groups in total. The summed E-state index contributed by atoms with van der Waals surface area (Å²) in [5.41, 5.74) is 1.77. The van der Waals surface area contributed by atoms with Gasteiger partial charge in [0.15, 0.2) is 0 Å². The molecule has 4 rings (SSSR count). The third kappa shape index (κ3) is 6.44. The Balaban J connectivity index is 1.42. The molecular weight excluding hydrogens is 539 g/mol. The van der Waals surface area contributed by atoms with E-state index in [2.05, 4.69) is 9.97 Å². The first kappa shape index (κ1) is 29.0. The van der Waals surface area contributed by atoms with Gasteiger partial charge in [0.1, 0.15) is 11.9 Å². The molecule has 0 spiro atoms. The summed E-state index contributed by atoms with van der Waals surface area (Å²) in [6, 6.07) is 4.39. The number of benzene rings is 1. The summed E-state index contributed by atoms with van der Waals surface area (Å²) in [5.74, 6) is -0.0101. The monoisotopic (exact) mass is 571 g/mol. The Bertz CT molecular complexity index is 1230. The fourth-order valence-electron chi connectivity index (χ4n) is 5.05. The minimum absolute atomic E-state index is 0.140. The predicted molar refractivity (Wildman–Crippen MR) is 136 cm³/mol. The molecule has 0 atom stereocenters. The first-order valence-electron chi connectivity index (χ1n) is 12.8. The number of carbonyl (C=O) groups excluding carboxylic acids is 1. The fraction of sp³-hybridized carbons (Fsp3) is 0.560. The topological polar surface area (TPSA) is 125 Å². The van der Waals surface area contributed by atoms with E-state index in [1.165, 1.54) is 16.4 Å². The van der Waals surface area contributed by atoms with Crippen molar-refractivity contribution >= 4 is 21.9 Å². The van der Waals surface area contributed by atoms with Gasteiger partial charge in [-0.05, 0) is 61.9 Å². The van der Waals surface area contributed by atoms with Crippen LogP contribution in [0.1, 0.15) is 50.2 Å². The molecule has 1 amide bonds. The molecule has 2 aromatic rings. The van der Waals surface area contributed by atoms with Crippen molar-refractivity contribution in [2.75, 3.05) is 31.1 Å². The zero-order chi connectivity index (χ0) is 28.3. The number of anilines is 1. The van der Waals surface area contributed by atoms with Gasteiger partial charge < -0.3 is 9.64 Å². The number of piperidine rings is 2. The SMILES string of the molecule is CCc1cnc(N2CCC(CC(=O)NO)(S(=O)(=O)N3CCC(Oc4ccc(C(F)(F)F)cc4)CC3)CC2)nc1. The van der Waals surface area contributed by atoms with E-state index >= 15 is 0 Å². The van der Waals surface area contributed by atoms with E-state index in [0.717, 1.165) is 24.1 Å². The molecule has 0 radical (unpaired) electrons. The van der Waals surface area contributed by atoms with Gasteiger partial charge in [0.25, 0.3) is 0 Å². The highest BCUT2D eigenvalue weighted by Gasteiger charge is 2.51. The molecule has 214 valence electrons. The highest BCUT2D eigenvalue weighted by atomic mass is 32.2. The van der Waals surface area contributed by atoms with Crippen molar-refractivity contribution in [3.8, 4) is 5.75 Å². The number of nitrogens with one attached hydrogen (secondary N) is 1. The zero-order valence-electron chi connectivity index (χ0n) is 21.5. The van der Waals surface area contributed by atoms with Crippen LogP contribution in [0, 0.1) is 0 Å². The molecule has 14 heteroatoms. The van der Waals surface area contributed by atoms with Crippen LogP contribution in [0.15, 0.2) is 36.7 Å². The molecule has 3 heterocycles. The van der Waals surface area contributed by atoms with Crippen molar-refractivity contribution in [2.45, 2.75) is 62.5 Å². The maximum absolute atomic E-state index is 13.9. The Labute approximate surface area is 225 Å². The Morgan fingerprint density at radius 2 is 1.69 bits per heavy atom. The van der Waals surface area contributed by atoms with Crippen LogP contribution in [-0.2, 0) is 27.4 Å². The number of carbonyl (C=O) groups is 1. The second-order valence-corrected chi connectivity index (χ2v) is 12.2. The number of rotatable bonds is 8. The number of hydroxylamine groups is 1. The van der Waals surface area contributed by atoms with E-state index in [1.54, 1.807) is 17.9 Å². The molecule has 2 fully saturated rings. The van der Waals surface area contributed by atoms with Crippen molar-refractivity contribution < 1.29 is 36.3 Å². The summed E-state index contributed by atoms with van der Waals surface area (Å²) in [6.45, 7) is 2.91. The van der Waals surface area contributed by atoms with Crippen LogP contribution >= 0.6 is 0 Å². The maximum atomic E-state index is 13.9. The second-order valence-electron chi connectivity index (χ2n) is 9.87. The van der Waals surface area contributed by atoms with Crippen LogP contribution in [0.5, 0.6) is 5.75 Å². The molecule has 0 unspecified atom stereocenters. The first-order chi connectivity index (χ1) is 18.5. The largest absolute Gasteiger partial charge is 0.490 e. The summed E-state index contributed by atoms with van der Waals surface area (Å²) in [5, 5.41) is 9.15. The van der Waals surface area contributed by atoms with Gasteiger partial charge in [0, 0.05) is 45.0 Å². The molecule has 2 aliphatic heterocycles. The minimum atomic E-state index is -4.44. The van der Waals surface area contributed by atoms with Gasteiger partial charge in [-0.25, -0.2) is 28.2 Å². The van der Waals surface area contributed by atoms with Gasteiger partial charge in [-0.15, -0.1) is 0 Å². The van der Waals surface area contributed by atoms with Crippen LogP contribution in [0.4, 0.5) is 19.1 Å². The number of aromatic nitrogens is 2. The maximum Gasteiger partial charge on any atom is 0.416 e. The van der Waals surface area contributed by atoms with Crippen molar-refractivity contribution in [3.05, 3.63) is 47.8 Å². The molecule has 10 nitrogen and oxygen atoms in total. The van der Waals surface area contributed by atoms with Crippen LogP contribution in [0.25, 0.3) is 0 Å². The number of aryl methyl sites for hydroxylation is 1. The van der Waals surface area contributed by atoms with Crippen LogP contribution in [-0.4, -0.2) is 70.8 Å². The number of halogens is 3. The van der Waals surface area contributed by atoms with Crippen molar-refractivity contribution in [2.24, 2.45) is 0 Å². The summed E-state index contributed by atoms with van der Waals surface area (Å²) in [4.78, 5) is 22.8. The van der Waals surface area contributed by atoms with E-state index in [1.807, 2.05) is 11.8 Å². The molecular formula is C25H32F3N5O5S. The number of hydrogen-bond acceptors (Lipinski definition) is 8. The first-order valence-corrected chi connectivity index (χ1v) is 14.2. The quantitative estimate of drug-likeness (QED) is 0.366. The van der Waals surface area contributed by atoms with Crippen molar-refractivity contribution in [1.29, 1.82) is 0 Å². The highest BCUT2D eigenvalue weighted by Crippen LogP contribution is 2.38. The van der Waals surface area contributed by atoms with Gasteiger partial charge in [-0.1, -0.05) is 6.92 Å². The number of ether oxygens (including phenoxy) is 1. The number of amides is 1. The Morgan fingerprint density at radius 1 is 1.10 bits per heavy atom. The molecule has 0 saturated carbocycles. The Kier molecular flexibility index (Phi) is 8.66. The van der Waals surface area contributed by atoms with Gasteiger partial charge in [0.2, 0.25) is 21.9 Å². The van der Waals surface area contributed by atoms with Gasteiger partial charge in [-0.3, -0.25) is 10.0 Å². The molecule has 0 aliphatic carbocycles. The molecule has 2 aliphatic rings. The highest BCUT2D eigenvalue weighted by molar-refractivity contribution is 7.90. The number of nitrogens with zero attached hydrogens (tertiary/aromatic N) is 4. The average Bonchev–Trinajstić information content (AvgIpc) is 2.93. The van der Waals surface area contributed by atoms with Crippen molar-refractivity contribution in [3.63, 3.8) is 0 Å². The van der Waals surface area contributed by atoms with E-state index in [-0.39, 0.29) is 37.8 Å². The smallest absolute Gasteiger partial charge is 0.416 e. The molecule has 1 aromatic carbocycles. The molecule has 1 aromatic heterocycles. The summed E-state index contributed by atoms with van der Waals surface area (Å²) in [6.07, 6.45) is 0.0282. The number of hydrogen-bond donors (Lipinski definition) is 2. The lowest BCUT2D eigenvalue weighted by molar-refractivity contribution is -0.137. The lowest BCUT2D eigenvalue weighted by atomic mass is 9.92. The van der Waals surface area contributed by atoms with Crippen LogP contribution in [0.3, 0.4) is 0 Å². The van der Waals surface area contributed by atoms with E-state index in [9.17, 15) is 26.4 Å². The lowest BCUT2D eigenvalue weighted by Crippen LogP contribution is -2.57. The van der Waals surface area contributed by atoms with E-state index in [0.29, 0.717) is 31.9 Å². The molecule has 0 bridgehead atoms. The Hall–Kier alpha value is -2.97. The standard InChI is InChI=1S/C25H32F3N5O5S/c1-2-18-16-29-23(30-17-18)32-13-9-24(10-14-32,15-22(34)31-35)39(36,37)33-11-7-21(8-12-33)38-20-5-3-19(4-6-20)25(26,27)28/h3-6,16-17,21,35H,2,7-15H2,1H3,(H,31,34). The summed E-state index contributed by atoms with van der Waals surface area (Å²) in [7, 11) is -3.97.